The molecule has 0 aromatic rings. The molecule has 1 saturated carbocycles. The first-order valence-electron chi connectivity index (χ1n) is 7.69. The molecular formula is C16H31NO2. The lowest BCUT2D eigenvalue weighted by atomic mass is 9.71. The summed E-state index contributed by atoms with van der Waals surface area (Å²) in [4.78, 5) is 11.3. The number of carbonyl (C=O) groups is 1. The fraction of sp³-hybridized carbons (Fsp3) is 0.938. The highest BCUT2D eigenvalue weighted by Crippen LogP contribution is 2.37. The molecule has 1 unspecified atom stereocenters. The Labute approximate surface area is 118 Å². The molecule has 1 atom stereocenters. The molecular weight excluding hydrogens is 238 g/mol. The van der Waals surface area contributed by atoms with E-state index in [4.69, 9.17) is 0 Å². The predicted molar refractivity (Wildman–Crippen MR) is 79.2 cm³/mol. The predicted octanol–water partition coefficient (Wildman–Crippen LogP) is 3.68. The highest BCUT2D eigenvalue weighted by atomic mass is 16.4. The minimum absolute atomic E-state index is 0.379. The first-order valence-corrected chi connectivity index (χ1v) is 7.69. The van der Waals surface area contributed by atoms with Gasteiger partial charge < -0.3 is 10.4 Å². The lowest BCUT2D eigenvalue weighted by Gasteiger charge is -2.38. The van der Waals surface area contributed by atoms with E-state index in [1.807, 2.05) is 0 Å². The Morgan fingerprint density at radius 1 is 1.21 bits per heavy atom. The number of carboxylic acid groups (broad SMARTS) is 1. The molecule has 0 aromatic carbocycles. The monoisotopic (exact) mass is 269 g/mol. The van der Waals surface area contributed by atoms with E-state index >= 15 is 0 Å². The van der Waals surface area contributed by atoms with E-state index in [9.17, 15) is 9.90 Å². The molecule has 1 rings (SSSR count). The number of rotatable bonds is 5. The summed E-state index contributed by atoms with van der Waals surface area (Å²) in [5, 5.41) is 12.6. The standard InChI is InChI=1S/C16H31NO2/c1-11(2)10-14(15(18)19)17-13-8-6-12(7-9-13)16(3,4)5/h11-14,17H,6-10H2,1-5H3,(H,18,19). The molecule has 112 valence electrons. The second-order valence-electron chi connectivity index (χ2n) is 7.60. The van der Waals surface area contributed by atoms with E-state index in [0.29, 0.717) is 23.8 Å². The van der Waals surface area contributed by atoms with Crippen molar-refractivity contribution in [2.75, 3.05) is 0 Å². The lowest BCUT2D eigenvalue weighted by Crippen LogP contribution is -2.46. The van der Waals surface area contributed by atoms with Crippen LogP contribution in [0.25, 0.3) is 0 Å². The van der Waals surface area contributed by atoms with Crippen molar-refractivity contribution < 1.29 is 9.90 Å². The Morgan fingerprint density at radius 3 is 2.11 bits per heavy atom. The summed E-state index contributed by atoms with van der Waals surface area (Å²) in [6.07, 6.45) is 5.38. The summed E-state index contributed by atoms with van der Waals surface area (Å²) < 4.78 is 0. The van der Waals surface area contributed by atoms with Crippen molar-refractivity contribution in [1.82, 2.24) is 5.32 Å². The summed E-state index contributed by atoms with van der Waals surface area (Å²) in [5.41, 5.74) is 0.384. The van der Waals surface area contributed by atoms with Crippen molar-refractivity contribution in [3.63, 3.8) is 0 Å². The van der Waals surface area contributed by atoms with E-state index < -0.39 is 5.97 Å². The Balaban J connectivity index is 2.44. The second kappa shape index (κ2) is 6.74. The summed E-state index contributed by atoms with van der Waals surface area (Å²) in [5.74, 6) is 0.491. The van der Waals surface area contributed by atoms with Crippen LogP contribution in [0.15, 0.2) is 0 Å². The number of hydrogen-bond donors (Lipinski definition) is 2. The molecule has 3 nitrogen and oxygen atoms in total. The highest BCUT2D eigenvalue weighted by molar-refractivity contribution is 5.73. The number of hydrogen-bond acceptors (Lipinski definition) is 2. The van der Waals surface area contributed by atoms with Crippen LogP contribution in [0.4, 0.5) is 0 Å². The Morgan fingerprint density at radius 2 is 1.74 bits per heavy atom. The molecule has 2 N–H and O–H groups in total. The fourth-order valence-corrected chi connectivity index (χ4v) is 3.12. The Kier molecular flexibility index (Phi) is 5.84. The van der Waals surface area contributed by atoms with E-state index in [1.54, 1.807) is 0 Å². The largest absolute Gasteiger partial charge is 0.480 e. The van der Waals surface area contributed by atoms with Crippen molar-refractivity contribution in [2.24, 2.45) is 17.3 Å². The van der Waals surface area contributed by atoms with Gasteiger partial charge in [0.15, 0.2) is 0 Å². The molecule has 0 aliphatic heterocycles. The molecule has 0 saturated heterocycles. The Bertz CT molecular complexity index is 286. The van der Waals surface area contributed by atoms with Gasteiger partial charge in [-0.15, -0.1) is 0 Å². The summed E-state index contributed by atoms with van der Waals surface area (Å²) >= 11 is 0. The van der Waals surface area contributed by atoms with E-state index in [2.05, 4.69) is 39.9 Å². The first kappa shape index (κ1) is 16.5. The molecule has 0 bridgehead atoms. The highest BCUT2D eigenvalue weighted by Gasteiger charge is 2.31. The van der Waals surface area contributed by atoms with Crippen LogP contribution < -0.4 is 5.32 Å². The molecule has 1 aliphatic carbocycles. The second-order valence-corrected chi connectivity index (χ2v) is 7.60. The van der Waals surface area contributed by atoms with Gasteiger partial charge in [-0.3, -0.25) is 4.79 Å². The van der Waals surface area contributed by atoms with Crippen molar-refractivity contribution in [2.45, 2.75) is 78.8 Å². The van der Waals surface area contributed by atoms with Crippen molar-refractivity contribution in [1.29, 1.82) is 0 Å². The first-order chi connectivity index (χ1) is 8.70. The van der Waals surface area contributed by atoms with Gasteiger partial charge in [0.2, 0.25) is 0 Å². The van der Waals surface area contributed by atoms with E-state index in [1.165, 1.54) is 12.8 Å². The number of aliphatic carboxylic acids is 1. The van der Waals surface area contributed by atoms with Crippen LogP contribution in [0.5, 0.6) is 0 Å². The molecule has 1 fully saturated rings. The van der Waals surface area contributed by atoms with Gasteiger partial charge in [0, 0.05) is 6.04 Å². The van der Waals surface area contributed by atoms with Crippen LogP contribution in [-0.4, -0.2) is 23.2 Å². The van der Waals surface area contributed by atoms with Gasteiger partial charge in [-0.25, -0.2) is 0 Å². The summed E-state index contributed by atoms with van der Waals surface area (Å²) in [6, 6.07) is 0.00892. The van der Waals surface area contributed by atoms with Gasteiger partial charge in [0.05, 0.1) is 0 Å². The zero-order valence-corrected chi connectivity index (χ0v) is 13.2. The molecule has 0 radical (unpaired) electrons. The van der Waals surface area contributed by atoms with Gasteiger partial charge in [0.1, 0.15) is 6.04 Å². The van der Waals surface area contributed by atoms with E-state index in [-0.39, 0.29) is 6.04 Å². The molecule has 1 aliphatic rings. The molecule has 0 amide bonds. The van der Waals surface area contributed by atoms with Crippen LogP contribution in [-0.2, 0) is 4.79 Å². The van der Waals surface area contributed by atoms with Gasteiger partial charge in [0.25, 0.3) is 0 Å². The number of nitrogens with one attached hydrogen (secondary N) is 1. The average Bonchev–Trinajstić information content (AvgIpc) is 2.27. The number of carboxylic acids is 1. The smallest absolute Gasteiger partial charge is 0.320 e. The van der Waals surface area contributed by atoms with Gasteiger partial charge >= 0.3 is 5.97 Å². The van der Waals surface area contributed by atoms with Crippen LogP contribution in [0.1, 0.15) is 66.7 Å². The summed E-state index contributed by atoms with van der Waals surface area (Å²) in [6.45, 7) is 11.1. The van der Waals surface area contributed by atoms with E-state index in [0.717, 1.165) is 18.8 Å². The van der Waals surface area contributed by atoms with Crippen molar-refractivity contribution in [3.05, 3.63) is 0 Å². The maximum atomic E-state index is 11.3. The zero-order chi connectivity index (χ0) is 14.6. The fourth-order valence-electron chi connectivity index (χ4n) is 3.12. The average molecular weight is 269 g/mol. The van der Waals surface area contributed by atoms with Crippen LogP contribution in [0.2, 0.25) is 0 Å². The molecule has 19 heavy (non-hydrogen) atoms. The maximum absolute atomic E-state index is 11.3. The normalized spacial score (nSPS) is 26.4. The topological polar surface area (TPSA) is 49.3 Å². The minimum Gasteiger partial charge on any atom is -0.480 e. The maximum Gasteiger partial charge on any atom is 0.320 e. The zero-order valence-electron chi connectivity index (χ0n) is 13.2. The third-order valence-electron chi connectivity index (χ3n) is 4.39. The summed E-state index contributed by atoms with van der Waals surface area (Å²) in [7, 11) is 0. The SMILES string of the molecule is CC(C)CC(NC1CCC(C(C)(C)C)CC1)C(=O)O. The molecule has 3 heteroatoms. The third-order valence-corrected chi connectivity index (χ3v) is 4.39. The van der Waals surface area contributed by atoms with Gasteiger partial charge in [-0.2, -0.15) is 0 Å². The van der Waals surface area contributed by atoms with Crippen LogP contribution >= 0.6 is 0 Å². The minimum atomic E-state index is -0.702. The van der Waals surface area contributed by atoms with Crippen LogP contribution in [0, 0.1) is 17.3 Å². The quantitative estimate of drug-likeness (QED) is 0.800. The van der Waals surface area contributed by atoms with Crippen molar-refractivity contribution >= 4 is 5.97 Å². The van der Waals surface area contributed by atoms with Crippen molar-refractivity contribution in [3.8, 4) is 0 Å². The molecule has 0 spiro atoms. The lowest BCUT2D eigenvalue weighted by molar-refractivity contribution is -0.140. The van der Waals surface area contributed by atoms with Gasteiger partial charge in [-0.1, -0.05) is 34.6 Å². The van der Waals surface area contributed by atoms with Crippen LogP contribution in [0.3, 0.4) is 0 Å². The molecule has 0 heterocycles. The molecule has 0 aromatic heterocycles. The Hall–Kier alpha value is -0.570. The third kappa shape index (κ3) is 5.52. The van der Waals surface area contributed by atoms with Gasteiger partial charge in [-0.05, 0) is 49.4 Å².